The van der Waals surface area contributed by atoms with Crippen molar-refractivity contribution in [1.29, 1.82) is 0 Å². The Kier molecular flexibility index (Phi) is 6.46. The van der Waals surface area contributed by atoms with Gasteiger partial charge in [-0.25, -0.2) is 0 Å². The topological polar surface area (TPSA) is 38.3 Å². The number of halogens is 1. The fourth-order valence-electron chi connectivity index (χ4n) is 2.02. The summed E-state index contributed by atoms with van der Waals surface area (Å²) in [6, 6.07) is 15.6. The average molecular weight is 362 g/mol. The lowest BCUT2D eigenvalue weighted by Crippen LogP contribution is -2.23. The Morgan fingerprint density at radius 3 is 2.64 bits per heavy atom. The van der Waals surface area contributed by atoms with Crippen LogP contribution in [0.2, 0.25) is 0 Å². The second kappa shape index (κ2) is 8.59. The van der Waals surface area contributed by atoms with Crippen molar-refractivity contribution >= 4 is 21.8 Å². The SMILES string of the molecule is CCCNC(=O)c1ccc(OCCc2ccccc2)c(Br)c1. The van der Waals surface area contributed by atoms with Gasteiger partial charge < -0.3 is 10.1 Å². The molecule has 0 aliphatic carbocycles. The minimum atomic E-state index is -0.0571. The van der Waals surface area contributed by atoms with E-state index < -0.39 is 0 Å². The van der Waals surface area contributed by atoms with Crippen LogP contribution >= 0.6 is 15.9 Å². The number of hydrogen-bond donors (Lipinski definition) is 1. The summed E-state index contributed by atoms with van der Waals surface area (Å²) in [7, 11) is 0. The first-order valence-corrected chi connectivity index (χ1v) is 8.24. The molecule has 0 bridgehead atoms. The van der Waals surface area contributed by atoms with E-state index in [1.54, 1.807) is 12.1 Å². The van der Waals surface area contributed by atoms with Gasteiger partial charge >= 0.3 is 0 Å². The normalized spacial score (nSPS) is 10.3. The third kappa shape index (κ3) is 4.88. The molecule has 1 amide bonds. The van der Waals surface area contributed by atoms with E-state index in [4.69, 9.17) is 4.74 Å². The van der Waals surface area contributed by atoms with E-state index in [0.29, 0.717) is 18.7 Å². The molecule has 0 aliphatic heterocycles. The van der Waals surface area contributed by atoms with Crippen molar-refractivity contribution in [2.75, 3.05) is 13.2 Å². The maximum atomic E-state index is 11.9. The van der Waals surface area contributed by atoms with Crippen LogP contribution in [0.3, 0.4) is 0 Å². The Bertz CT molecular complexity index is 614. The first-order chi connectivity index (χ1) is 10.7. The second-order valence-corrected chi connectivity index (χ2v) is 5.84. The van der Waals surface area contributed by atoms with Crippen molar-refractivity contribution in [2.45, 2.75) is 19.8 Å². The summed E-state index contributed by atoms with van der Waals surface area (Å²) in [5.41, 5.74) is 1.88. The number of benzene rings is 2. The monoisotopic (exact) mass is 361 g/mol. The summed E-state index contributed by atoms with van der Waals surface area (Å²) in [5.74, 6) is 0.696. The van der Waals surface area contributed by atoms with Gasteiger partial charge in [0.2, 0.25) is 0 Å². The number of ether oxygens (including phenoxy) is 1. The predicted molar refractivity (Wildman–Crippen MR) is 92.4 cm³/mol. The number of carbonyl (C=O) groups excluding carboxylic acids is 1. The highest BCUT2D eigenvalue weighted by atomic mass is 79.9. The number of hydrogen-bond acceptors (Lipinski definition) is 2. The minimum absolute atomic E-state index is 0.0571. The van der Waals surface area contributed by atoms with E-state index in [9.17, 15) is 4.79 Å². The Labute approximate surface area is 139 Å². The zero-order valence-corrected chi connectivity index (χ0v) is 14.2. The smallest absolute Gasteiger partial charge is 0.251 e. The van der Waals surface area contributed by atoms with Gasteiger partial charge in [0.15, 0.2) is 0 Å². The lowest BCUT2D eigenvalue weighted by atomic mass is 10.2. The van der Waals surface area contributed by atoms with Crippen LogP contribution in [0.5, 0.6) is 5.75 Å². The van der Waals surface area contributed by atoms with Crippen molar-refractivity contribution in [3.63, 3.8) is 0 Å². The second-order valence-electron chi connectivity index (χ2n) is 4.99. The number of amides is 1. The van der Waals surface area contributed by atoms with Crippen molar-refractivity contribution in [3.05, 3.63) is 64.1 Å². The fourth-order valence-corrected chi connectivity index (χ4v) is 2.52. The Morgan fingerprint density at radius 1 is 1.18 bits per heavy atom. The van der Waals surface area contributed by atoms with E-state index in [-0.39, 0.29) is 5.91 Å². The maximum Gasteiger partial charge on any atom is 0.251 e. The molecule has 1 N–H and O–H groups in total. The molecule has 0 heterocycles. The largest absolute Gasteiger partial charge is 0.492 e. The van der Waals surface area contributed by atoms with Gasteiger partial charge in [0.05, 0.1) is 11.1 Å². The van der Waals surface area contributed by atoms with E-state index >= 15 is 0 Å². The van der Waals surface area contributed by atoms with Gasteiger partial charge in [0.1, 0.15) is 5.75 Å². The molecule has 0 radical (unpaired) electrons. The number of carbonyl (C=O) groups is 1. The Balaban J connectivity index is 1.91. The summed E-state index contributed by atoms with van der Waals surface area (Å²) in [5, 5.41) is 2.86. The first-order valence-electron chi connectivity index (χ1n) is 7.45. The first kappa shape index (κ1) is 16.6. The molecular formula is C18H20BrNO2. The summed E-state index contributed by atoms with van der Waals surface area (Å²) >= 11 is 3.47. The number of rotatable bonds is 7. The van der Waals surface area contributed by atoms with E-state index in [1.165, 1.54) is 5.56 Å². The van der Waals surface area contributed by atoms with Crippen LogP contribution in [0.4, 0.5) is 0 Å². The van der Waals surface area contributed by atoms with Gasteiger partial charge in [-0.15, -0.1) is 0 Å². The summed E-state index contributed by atoms with van der Waals surface area (Å²) < 4.78 is 6.57. The standard InChI is InChI=1S/C18H20BrNO2/c1-2-11-20-18(21)15-8-9-17(16(19)13-15)22-12-10-14-6-4-3-5-7-14/h3-9,13H,2,10-12H2,1H3,(H,20,21). The highest BCUT2D eigenvalue weighted by molar-refractivity contribution is 9.10. The van der Waals surface area contributed by atoms with Gasteiger partial charge in [0, 0.05) is 18.5 Å². The third-order valence-electron chi connectivity index (χ3n) is 3.22. The molecule has 0 spiro atoms. The molecule has 3 nitrogen and oxygen atoms in total. The van der Waals surface area contributed by atoms with Crippen LogP contribution in [0.1, 0.15) is 29.3 Å². The van der Waals surface area contributed by atoms with Crippen molar-refractivity contribution in [3.8, 4) is 5.75 Å². The molecule has 2 rings (SSSR count). The maximum absolute atomic E-state index is 11.9. The molecule has 22 heavy (non-hydrogen) atoms. The quantitative estimate of drug-likeness (QED) is 0.801. The van der Waals surface area contributed by atoms with Gasteiger partial charge in [-0.3, -0.25) is 4.79 Å². The zero-order valence-electron chi connectivity index (χ0n) is 12.6. The van der Waals surface area contributed by atoms with E-state index in [1.807, 2.05) is 31.2 Å². The zero-order chi connectivity index (χ0) is 15.8. The van der Waals surface area contributed by atoms with E-state index in [0.717, 1.165) is 23.1 Å². The van der Waals surface area contributed by atoms with Crippen LogP contribution in [-0.2, 0) is 6.42 Å². The highest BCUT2D eigenvalue weighted by Crippen LogP contribution is 2.26. The molecule has 2 aromatic rings. The molecular weight excluding hydrogens is 342 g/mol. The lowest BCUT2D eigenvalue weighted by molar-refractivity contribution is 0.0953. The summed E-state index contributed by atoms with van der Waals surface area (Å²) in [4.78, 5) is 11.9. The molecule has 0 unspecified atom stereocenters. The van der Waals surface area contributed by atoms with Crippen LogP contribution in [0.15, 0.2) is 53.0 Å². The average Bonchev–Trinajstić information content (AvgIpc) is 2.55. The predicted octanol–water partition coefficient (Wildman–Crippen LogP) is 4.21. The van der Waals surface area contributed by atoms with Crippen LogP contribution in [-0.4, -0.2) is 19.1 Å². The van der Waals surface area contributed by atoms with Crippen molar-refractivity contribution < 1.29 is 9.53 Å². The summed E-state index contributed by atoms with van der Waals surface area (Å²) in [6.07, 6.45) is 1.78. The molecule has 0 atom stereocenters. The Hall–Kier alpha value is -1.81. The molecule has 0 aromatic heterocycles. The van der Waals surface area contributed by atoms with Crippen molar-refractivity contribution in [2.24, 2.45) is 0 Å². The molecule has 0 saturated heterocycles. The molecule has 116 valence electrons. The fraction of sp³-hybridized carbons (Fsp3) is 0.278. The van der Waals surface area contributed by atoms with Gasteiger partial charge in [0.25, 0.3) is 5.91 Å². The molecule has 0 saturated carbocycles. The van der Waals surface area contributed by atoms with Gasteiger partial charge in [-0.05, 0) is 46.1 Å². The van der Waals surface area contributed by atoms with Crippen LogP contribution in [0, 0.1) is 0 Å². The van der Waals surface area contributed by atoms with Crippen LogP contribution < -0.4 is 10.1 Å². The number of nitrogens with one attached hydrogen (secondary N) is 1. The van der Waals surface area contributed by atoms with Gasteiger partial charge in [-0.2, -0.15) is 0 Å². The Morgan fingerprint density at radius 2 is 1.95 bits per heavy atom. The molecule has 0 aliphatic rings. The minimum Gasteiger partial charge on any atom is -0.492 e. The third-order valence-corrected chi connectivity index (χ3v) is 3.84. The molecule has 0 fully saturated rings. The van der Waals surface area contributed by atoms with Crippen LogP contribution in [0.25, 0.3) is 0 Å². The summed E-state index contributed by atoms with van der Waals surface area (Å²) in [6.45, 7) is 3.32. The van der Waals surface area contributed by atoms with Gasteiger partial charge in [-0.1, -0.05) is 37.3 Å². The van der Waals surface area contributed by atoms with Crippen molar-refractivity contribution in [1.82, 2.24) is 5.32 Å². The highest BCUT2D eigenvalue weighted by Gasteiger charge is 2.08. The molecule has 4 heteroatoms. The molecule has 2 aromatic carbocycles. The lowest BCUT2D eigenvalue weighted by Gasteiger charge is -2.10. The van der Waals surface area contributed by atoms with E-state index in [2.05, 4.69) is 33.4 Å².